The van der Waals surface area contributed by atoms with Crippen molar-refractivity contribution in [1.82, 2.24) is 4.90 Å². The van der Waals surface area contributed by atoms with Crippen molar-refractivity contribution in [3.05, 3.63) is 88.3 Å². The summed E-state index contributed by atoms with van der Waals surface area (Å²) in [5.74, 6) is -1.15. The second-order valence-corrected chi connectivity index (χ2v) is 7.72. The van der Waals surface area contributed by atoms with Gasteiger partial charge in [-0.15, -0.1) is 11.3 Å². The summed E-state index contributed by atoms with van der Waals surface area (Å²) >= 11 is 1.23. The lowest BCUT2D eigenvalue weighted by atomic mass is 9.92. The fraction of sp³-hybridized carbons (Fsp3) is 0.136. The number of hydrogen-bond donors (Lipinski definition) is 2. The van der Waals surface area contributed by atoms with Crippen molar-refractivity contribution in [2.45, 2.75) is 19.0 Å². The Bertz CT molecular complexity index is 1080. The lowest BCUT2D eigenvalue weighted by Gasteiger charge is -2.36. The van der Waals surface area contributed by atoms with E-state index in [0.29, 0.717) is 23.5 Å². The van der Waals surface area contributed by atoms with Gasteiger partial charge in [-0.3, -0.25) is 14.4 Å². The first-order valence-electron chi connectivity index (χ1n) is 9.15. The van der Waals surface area contributed by atoms with E-state index in [1.807, 2.05) is 30.3 Å². The number of nitrogens with two attached hydrogens (primary N) is 1. The van der Waals surface area contributed by atoms with Gasteiger partial charge >= 0.3 is 0 Å². The number of carbonyl (C=O) groups is 3. The molecule has 2 heterocycles. The average Bonchev–Trinajstić information content (AvgIpc) is 3.21. The van der Waals surface area contributed by atoms with Crippen LogP contribution in [0.15, 0.2) is 66.0 Å². The number of hydrogen-bond acceptors (Lipinski definition) is 4. The second kappa shape index (κ2) is 7.89. The lowest BCUT2D eigenvalue weighted by Crippen LogP contribution is -2.50. The first-order valence-corrected chi connectivity index (χ1v) is 10.0. The number of thiophene rings is 1. The number of benzene rings is 2. The molecule has 7 heteroatoms. The van der Waals surface area contributed by atoms with E-state index in [1.54, 1.807) is 40.6 Å². The highest BCUT2D eigenvalue weighted by Gasteiger charge is 2.35. The Morgan fingerprint density at radius 1 is 0.966 bits per heavy atom. The molecular formula is C22H19N3O3S. The van der Waals surface area contributed by atoms with E-state index in [4.69, 9.17) is 5.73 Å². The minimum Gasteiger partial charge on any atom is -0.366 e. The van der Waals surface area contributed by atoms with Gasteiger partial charge in [0, 0.05) is 18.5 Å². The summed E-state index contributed by atoms with van der Waals surface area (Å²) in [7, 11) is 0. The average molecular weight is 405 g/mol. The van der Waals surface area contributed by atoms with E-state index < -0.39 is 11.9 Å². The molecule has 0 aliphatic carbocycles. The minimum absolute atomic E-state index is 0.207. The summed E-state index contributed by atoms with van der Waals surface area (Å²) in [5.41, 5.74) is 8.23. The second-order valence-electron chi connectivity index (χ2n) is 6.80. The van der Waals surface area contributed by atoms with E-state index >= 15 is 0 Å². The van der Waals surface area contributed by atoms with Crippen LogP contribution in [0.4, 0.5) is 5.00 Å². The molecule has 1 aliphatic rings. The van der Waals surface area contributed by atoms with Gasteiger partial charge in [0.15, 0.2) is 0 Å². The molecule has 6 nitrogen and oxygen atoms in total. The fourth-order valence-electron chi connectivity index (χ4n) is 3.51. The minimum atomic E-state index is -0.694. The highest BCUT2D eigenvalue weighted by atomic mass is 32.1. The van der Waals surface area contributed by atoms with Crippen molar-refractivity contribution in [2.75, 3.05) is 5.32 Å². The molecule has 1 atom stereocenters. The van der Waals surface area contributed by atoms with Gasteiger partial charge < -0.3 is 16.0 Å². The van der Waals surface area contributed by atoms with Crippen LogP contribution in [0.3, 0.4) is 0 Å². The molecule has 4 rings (SSSR count). The number of nitrogens with zero attached hydrogens (tertiary/aromatic N) is 1. The Labute approximate surface area is 172 Å². The molecule has 3 aromatic rings. The molecule has 29 heavy (non-hydrogen) atoms. The molecule has 3 N–H and O–H groups in total. The Morgan fingerprint density at radius 3 is 2.38 bits per heavy atom. The molecule has 0 fully saturated rings. The first-order chi connectivity index (χ1) is 14.0. The summed E-state index contributed by atoms with van der Waals surface area (Å²) < 4.78 is 0. The third-order valence-corrected chi connectivity index (χ3v) is 5.83. The quantitative estimate of drug-likeness (QED) is 0.699. The Balaban J connectivity index is 1.66. The zero-order valence-corrected chi connectivity index (χ0v) is 16.3. The summed E-state index contributed by atoms with van der Waals surface area (Å²) in [6.45, 7) is 0.342. The maximum Gasteiger partial charge on any atom is 0.254 e. The molecule has 0 radical (unpaired) electrons. The molecule has 1 unspecified atom stereocenters. The Morgan fingerprint density at radius 2 is 1.66 bits per heavy atom. The molecule has 3 amide bonds. The van der Waals surface area contributed by atoms with Crippen LogP contribution in [0, 0.1) is 0 Å². The van der Waals surface area contributed by atoms with E-state index in [-0.39, 0.29) is 17.4 Å². The van der Waals surface area contributed by atoms with Crippen LogP contribution in [0.2, 0.25) is 0 Å². The zero-order chi connectivity index (χ0) is 20.4. The van der Waals surface area contributed by atoms with Crippen molar-refractivity contribution in [2.24, 2.45) is 5.73 Å². The highest BCUT2D eigenvalue weighted by molar-refractivity contribution is 7.14. The van der Waals surface area contributed by atoms with Gasteiger partial charge in [-0.1, -0.05) is 42.5 Å². The van der Waals surface area contributed by atoms with Crippen molar-refractivity contribution in [1.29, 1.82) is 0 Å². The molecule has 0 saturated heterocycles. The summed E-state index contributed by atoms with van der Waals surface area (Å²) in [6.07, 6.45) is 0.401. The predicted molar refractivity (Wildman–Crippen MR) is 112 cm³/mol. The van der Waals surface area contributed by atoms with E-state index in [1.165, 1.54) is 11.3 Å². The highest BCUT2D eigenvalue weighted by Crippen LogP contribution is 2.28. The summed E-state index contributed by atoms with van der Waals surface area (Å²) in [6, 6.07) is 17.6. The van der Waals surface area contributed by atoms with Crippen molar-refractivity contribution < 1.29 is 14.4 Å². The largest absolute Gasteiger partial charge is 0.366 e. The fourth-order valence-corrected chi connectivity index (χ4v) is 4.31. The number of carbonyl (C=O) groups excluding carboxylic acids is 3. The van der Waals surface area contributed by atoms with Crippen molar-refractivity contribution in [3.63, 3.8) is 0 Å². The summed E-state index contributed by atoms with van der Waals surface area (Å²) in [5, 5.41) is 4.88. The van der Waals surface area contributed by atoms with Gasteiger partial charge in [0.2, 0.25) is 5.91 Å². The number of amides is 3. The molecule has 1 aromatic heterocycles. The third-order valence-electron chi connectivity index (χ3n) is 5.00. The van der Waals surface area contributed by atoms with Crippen LogP contribution in [-0.2, 0) is 17.8 Å². The third kappa shape index (κ3) is 3.77. The normalized spacial score (nSPS) is 15.4. The summed E-state index contributed by atoms with van der Waals surface area (Å²) in [4.78, 5) is 39.5. The monoisotopic (exact) mass is 405 g/mol. The molecule has 0 bridgehead atoms. The van der Waals surface area contributed by atoms with Gasteiger partial charge in [-0.05, 0) is 34.7 Å². The van der Waals surface area contributed by atoms with Crippen LogP contribution < -0.4 is 11.1 Å². The van der Waals surface area contributed by atoms with E-state index in [0.717, 1.165) is 11.1 Å². The van der Waals surface area contributed by atoms with Crippen molar-refractivity contribution >= 4 is 34.1 Å². The smallest absolute Gasteiger partial charge is 0.254 e. The molecular weight excluding hydrogens is 386 g/mol. The number of rotatable bonds is 4. The maximum absolute atomic E-state index is 13.2. The van der Waals surface area contributed by atoms with Crippen molar-refractivity contribution in [3.8, 4) is 0 Å². The molecule has 1 aliphatic heterocycles. The number of fused-ring (bicyclic) bond motifs is 1. The van der Waals surface area contributed by atoms with Crippen LogP contribution in [0.1, 0.15) is 31.8 Å². The number of nitrogens with one attached hydrogen (secondary N) is 1. The molecule has 146 valence electrons. The van der Waals surface area contributed by atoms with E-state index in [9.17, 15) is 14.4 Å². The molecule has 0 saturated carbocycles. The van der Waals surface area contributed by atoms with Gasteiger partial charge in [0.05, 0.1) is 5.56 Å². The molecule has 0 spiro atoms. The molecule has 2 aromatic carbocycles. The van der Waals surface area contributed by atoms with Crippen LogP contribution in [0.5, 0.6) is 0 Å². The van der Waals surface area contributed by atoms with Crippen LogP contribution >= 0.6 is 11.3 Å². The maximum atomic E-state index is 13.2. The Hall–Kier alpha value is -3.45. The topological polar surface area (TPSA) is 92.5 Å². The number of primary amides is 1. The van der Waals surface area contributed by atoms with Crippen LogP contribution in [0.25, 0.3) is 0 Å². The van der Waals surface area contributed by atoms with Gasteiger partial charge in [0.1, 0.15) is 11.0 Å². The zero-order valence-electron chi connectivity index (χ0n) is 15.5. The van der Waals surface area contributed by atoms with Gasteiger partial charge in [0.25, 0.3) is 11.8 Å². The number of anilines is 1. The van der Waals surface area contributed by atoms with Gasteiger partial charge in [-0.25, -0.2) is 0 Å². The SMILES string of the molecule is NC(=O)c1ccsc1NC(=O)C1Cc2ccccc2CN1C(=O)c1ccccc1. The standard InChI is InChI=1S/C22H19N3O3S/c23-19(26)17-10-11-29-21(17)24-20(27)18-12-15-8-4-5-9-16(15)13-25(18)22(28)14-6-2-1-3-7-14/h1-11,18H,12-13H2,(H2,23,26)(H,24,27). The van der Waals surface area contributed by atoms with E-state index in [2.05, 4.69) is 5.32 Å². The van der Waals surface area contributed by atoms with Crippen LogP contribution in [-0.4, -0.2) is 28.7 Å². The van der Waals surface area contributed by atoms with Gasteiger partial charge in [-0.2, -0.15) is 0 Å². The Kier molecular flexibility index (Phi) is 5.14. The lowest BCUT2D eigenvalue weighted by molar-refractivity contribution is -0.121. The first kappa shape index (κ1) is 18.9. The predicted octanol–water partition coefficient (Wildman–Crippen LogP) is 3.05.